The minimum atomic E-state index is -3.60. The van der Waals surface area contributed by atoms with Gasteiger partial charge in [-0.3, -0.25) is 9.00 Å². The van der Waals surface area contributed by atoms with Crippen molar-refractivity contribution >= 4 is 32.5 Å². The first-order valence-corrected chi connectivity index (χ1v) is 13.6. The molecule has 0 fully saturated rings. The Balaban J connectivity index is 1.66. The fraction of sp³-hybridized carbons (Fsp3) is 0.304. The Kier molecular flexibility index (Phi) is 6.51. The van der Waals surface area contributed by atoms with E-state index in [-0.39, 0.29) is 4.90 Å². The number of hydrogen-bond donors (Lipinski definition) is 1. The van der Waals surface area contributed by atoms with Crippen LogP contribution in [0.15, 0.2) is 53.4 Å². The maximum absolute atomic E-state index is 13.1. The molecular weight excluding hydrogens is 460 g/mol. The lowest BCUT2D eigenvalue weighted by molar-refractivity contribution is 0.102. The van der Waals surface area contributed by atoms with Gasteiger partial charge < -0.3 is 5.32 Å². The average Bonchev–Trinajstić information content (AvgIpc) is 3.31. The van der Waals surface area contributed by atoms with Crippen molar-refractivity contribution in [2.45, 2.75) is 37.2 Å². The van der Waals surface area contributed by atoms with Gasteiger partial charge >= 0.3 is 0 Å². The second kappa shape index (κ2) is 9.20. The number of para-hydroxylation sites is 1. The molecule has 1 N–H and O–H groups in total. The quantitative estimate of drug-likeness (QED) is 0.553. The SMILES string of the molecule is CCN(CC)S(=O)(=O)c1ccc(C(=O)Nc2c3c(nn2-c2ccccc2C)C[S@@](=O)C3)cc1. The van der Waals surface area contributed by atoms with Crippen molar-refractivity contribution in [1.29, 1.82) is 0 Å². The third kappa shape index (κ3) is 4.38. The number of rotatable bonds is 7. The minimum absolute atomic E-state index is 0.143. The molecule has 0 saturated carbocycles. The van der Waals surface area contributed by atoms with E-state index in [0.29, 0.717) is 41.7 Å². The smallest absolute Gasteiger partial charge is 0.256 e. The first-order chi connectivity index (χ1) is 15.8. The molecule has 4 rings (SSSR count). The Hall–Kier alpha value is -2.82. The van der Waals surface area contributed by atoms with E-state index in [1.807, 2.05) is 31.2 Å². The van der Waals surface area contributed by atoms with Crippen LogP contribution in [-0.4, -0.2) is 45.7 Å². The Morgan fingerprint density at radius 3 is 2.39 bits per heavy atom. The predicted molar refractivity (Wildman–Crippen MR) is 128 cm³/mol. The van der Waals surface area contributed by atoms with Crippen LogP contribution in [0.5, 0.6) is 0 Å². The van der Waals surface area contributed by atoms with E-state index in [0.717, 1.165) is 16.8 Å². The van der Waals surface area contributed by atoms with Crippen molar-refractivity contribution < 1.29 is 17.4 Å². The van der Waals surface area contributed by atoms with Crippen LogP contribution in [0.25, 0.3) is 5.69 Å². The van der Waals surface area contributed by atoms with Gasteiger partial charge in [0.05, 0.1) is 27.8 Å². The van der Waals surface area contributed by atoms with E-state index in [1.165, 1.54) is 28.6 Å². The maximum atomic E-state index is 13.1. The van der Waals surface area contributed by atoms with Crippen LogP contribution in [-0.2, 0) is 32.3 Å². The number of carbonyl (C=O) groups excluding carboxylic acids is 1. The Labute approximate surface area is 196 Å². The van der Waals surface area contributed by atoms with Crippen LogP contribution in [0, 0.1) is 6.92 Å². The molecule has 0 spiro atoms. The molecule has 0 saturated heterocycles. The molecule has 1 aliphatic rings. The lowest BCUT2D eigenvalue weighted by Crippen LogP contribution is -2.30. The van der Waals surface area contributed by atoms with E-state index in [1.54, 1.807) is 18.5 Å². The number of sulfonamides is 1. The summed E-state index contributed by atoms with van der Waals surface area (Å²) in [7, 11) is -4.65. The minimum Gasteiger partial charge on any atom is -0.306 e. The highest BCUT2D eigenvalue weighted by molar-refractivity contribution is 7.89. The molecule has 2 heterocycles. The molecule has 10 heteroatoms. The van der Waals surface area contributed by atoms with Crippen molar-refractivity contribution in [3.8, 4) is 5.69 Å². The van der Waals surface area contributed by atoms with Gasteiger partial charge in [0.2, 0.25) is 10.0 Å². The zero-order valence-corrected chi connectivity index (χ0v) is 20.4. The second-order valence-corrected chi connectivity index (χ2v) is 11.2. The van der Waals surface area contributed by atoms with Gasteiger partial charge in [0, 0.05) is 35.0 Å². The van der Waals surface area contributed by atoms with Crippen molar-refractivity contribution in [3.63, 3.8) is 0 Å². The fourth-order valence-electron chi connectivity index (χ4n) is 3.90. The maximum Gasteiger partial charge on any atom is 0.256 e. The normalized spacial score (nSPS) is 15.6. The molecule has 0 radical (unpaired) electrons. The summed E-state index contributed by atoms with van der Waals surface area (Å²) in [5.41, 5.74) is 3.62. The lowest BCUT2D eigenvalue weighted by Gasteiger charge is -2.18. The molecule has 0 unspecified atom stereocenters. The molecule has 1 aromatic heterocycles. The summed E-state index contributed by atoms with van der Waals surface area (Å²) in [6.45, 7) is 6.27. The monoisotopic (exact) mass is 486 g/mol. The summed E-state index contributed by atoms with van der Waals surface area (Å²) < 4.78 is 40.6. The standard InChI is InChI=1S/C23H26N4O4S2/c1-4-26(5-2)33(30,31)18-12-10-17(11-13-18)23(28)24-22-19-14-32(29)15-20(19)25-27(22)21-9-7-6-8-16(21)3/h6-13H,4-5,14-15H2,1-3H3,(H,24,28)/t32-/m0/s1. The van der Waals surface area contributed by atoms with E-state index in [9.17, 15) is 17.4 Å². The Morgan fingerprint density at radius 1 is 1.09 bits per heavy atom. The van der Waals surface area contributed by atoms with Gasteiger partial charge in [0.25, 0.3) is 5.91 Å². The highest BCUT2D eigenvalue weighted by Crippen LogP contribution is 2.32. The molecule has 1 atom stereocenters. The molecule has 0 aliphatic carbocycles. The number of amides is 1. The topological polar surface area (TPSA) is 101 Å². The average molecular weight is 487 g/mol. The summed E-state index contributed by atoms with van der Waals surface area (Å²) in [5, 5.41) is 7.55. The number of aryl methyl sites for hydroxylation is 1. The van der Waals surface area contributed by atoms with Crippen LogP contribution in [0.2, 0.25) is 0 Å². The molecule has 8 nitrogen and oxygen atoms in total. The molecule has 0 bridgehead atoms. The molecule has 33 heavy (non-hydrogen) atoms. The molecule has 1 amide bonds. The Morgan fingerprint density at radius 2 is 1.76 bits per heavy atom. The largest absolute Gasteiger partial charge is 0.306 e. The van der Waals surface area contributed by atoms with E-state index >= 15 is 0 Å². The number of nitrogens with zero attached hydrogens (tertiary/aromatic N) is 3. The van der Waals surface area contributed by atoms with Gasteiger partial charge in [-0.1, -0.05) is 32.0 Å². The summed E-state index contributed by atoms with van der Waals surface area (Å²) in [6.07, 6.45) is 0. The van der Waals surface area contributed by atoms with Gasteiger partial charge in [-0.25, -0.2) is 13.1 Å². The third-order valence-electron chi connectivity index (χ3n) is 5.71. The number of carbonyl (C=O) groups is 1. The van der Waals surface area contributed by atoms with E-state index in [4.69, 9.17) is 0 Å². The van der Waals surface area contributed by atoms with Crippen molar-refractivity contribution in [2.75, 3.05) is 18.4 Å². The van der Waals surface area contributed by atoms with E-state index < -0.39 is 26.7 Å². The summed E-state index contributed by atoms with van der Waals surface area (Å²) in [5.74, 6) is 0.791. The van der Waals surface area contributed by atoms with Gasteiger partial charge in [-0.05, 0) is 42.8 Å². The predicted octanol–water partition coefficient (Wildman–Crippen LogP) is 3.23. The number of benzene rings is 2. The summed E-state index contributed by atoms with van der Waals surface area (Å²) in [4.78, 5) is 13.2. The zero-order valence-electron chi connectivity index (χ0n) is 18.7. The molecule has 2 aromatic carbocycles. The van der Waals surface area contributed by atoms with Crippen LogP contribution in [0.4, 0.5) is 5.82 Å². The molecule has 174 valence electrons. The fourth-order valence-corrected chi connectivity index (χ4v) is 6.62. The van der Waals surface area contributed by atoms with Gasteiger partial charge in [0.1, 0.15) is 5.82 Å². The van der Waals surface area contributed by atoms with Crippen LogP contribution >= 0.6 is 0 Å². The summed E-state index contributed by atoms with van der Waals surface area (Å²) >= 11 is 0. The van der Waals surface area contributed by atoms with Crippen molar-refractivity contribution in [3.05, 3.63) is 70.9 Å². The lowest BCUT2D eigenvalue weighted by atomic mass is 10.2. The highest BCUT2D eigenvalue weighted by atomic mass is 32.2. The van der Waals surface area contributed by atoms with Crippen molar-refractivity contribution in [1.82, 2.24) is 14.1 Å². The molecular formula is C23H26N4O4S2. The first-order valence-electron chi connectivity index (χ1n) is 10.7. The Bertz CT molecular complexity index is 1330. The first kappa shape index (κ1) is 23.3. The molecule has 1 aliphatic heterocycles. The number of hydrogen-bond acceptors (Lipinski definition) is 5. The van der Waals surface area contributed by atoms with Gasteiger partial charge in [0.15, 0.2) is 0 Å². The zero-order chi connectivity index (χ0) is 23.8. The number of aromatic nitrogens is 2. The third-order valence-corrected chi connectivity index (χ3v) is 8.98. The van der Waals surface area contributed by atoms with Gasteiger partial charge in [-0.2, -0.15) is 9.40 Å². The number of anilines is 1. The second-order valence-electron chi connectivity index (χ2n) is 7.77. The van der Waals surface area contributed by atoms with Crippen LogP contribution in [0.3, 0.4) is 0 Å². The van der Waals surface area contributed by atoms with Crippen LogP contribution < -0.4 is 5.32 Å². The molecule has 3 aromatic rings. The number of fused-ring (bicyclic) bond motifs is 1. The van der Waals surface area contributed by atoms with E-state index in [2.05, 4.69) is 10.4 Å². The summed E-state index contributed by atoms with van der Waals surface area (Å²) in [6, 6.07) is 13.6. The van der Waals surface area contributed by atoms with Crippen molar-refractivity contribution in [2.24, 2.45) is 0 Å². The van der Waals surface area contributed by atoms with Crippen LogP contribution in [0.1, 0.15) is 41.0 Å². The highest BCUT2D eigenvalue weighted by Gasteiger charge is 2.29. The number of nitrogens with one attached hydrogen (secondary N) is 1. The van der Waals surface area contributed by atoms with Gasteiger partial charge in [-0.15, -0.1) is 0 Å².